The number of carbonyl (C=O) groups excluding carboxylic acids is 4. The van der Waals surface area contributed by atoms with E-state index in [9.17, 15) is 19.2 Å². The van der Waals surface area contributed by atoms with Crippen LogP contribution in [-0.4, -0.2) is 23.1 Å². The molecule has 2 rings (SSSR count). The first kappa shape index (κ1) is 20.6. The van der Waals surface area contributed by atoms with Crippen LogP contribution in [0.25, 0.3) is 31.9 Å². The summed E-state index contributed by atoms with van der Waals surface area (Å²) in [5.74, 6) is -0.483. The highest BCUT2D eigenvalue weighted by atomic mass is 16.1. The molecule has 0 aromatic heterocycles. The van der Waals surface area contributed by atoms with E-state index in [1.54, 1.807) is 0 Å². The van der Waals surface area contributed by atoms with Crippen LogP contribution in [0.15, 0.2) is 48.6 Å². The van der Waals surface area contributed by atoms with Gasteiger partial charge in [-0.2, -0.15) is 0 Å². The summed E-state index contributed by atoms with van der Waals surface area (Å²) in [6.07, 6.45) is 10.0. The second kappa shape index (κ2) is 13.7. The van der Waals surface area contributed by atoms with Gasteiger partial charge in [0.15, 0.2) is 23.1 Å². The van der Waals surface area contributed by atoms with Crippen molar-refractivity contribution in [2.24, 2.45) is 0 Å². The van der Waals surface area contributed by atoms with Crippen molar-refractivity contribution in [3.8, 4) is 0 Å². The number of rotatable bonds is 0. The van der Waals surface area contributed by atoms with Crippen molar-refractivity contribution in [3.05, 3.63) is 80.6 Å². The van der Waals surface area contributed by atoms with Gasteiger partial charge in [-0.3, -0.25) is 29.0 Å². The molecule has 0 radical (unpaired) electrons. The molecule has 22 heavy (non-hydrogen) atoms. The van der Waals surface area contributed by atoms with Crippen molar-refractivity contribution >= 4 is 23.1 Å². The van der Waals surface area contributed by atoms with E-state index >= 15 is 0 Å². The maximum atomic E-state index is 10.3. The minimum Gasteiger partial charge on any atom is -0.373 e. The average molecular weight is 300 g/mol. The van der Waals surface area contributed by atoms with Gasteiger partial charge in [0.05, 0.1) is 0 Å². The van der Waals surface area contributed by atoms with Crippen molar-refractivity contribution in [2.75, 3.05) is 0 Å². The second-order valence-electron chi connectivity index (χ2n) is 3.12. The molecule has 0 heterocycles. The molecular weight excluding hydrogens is 292 g/mol. The van der Waals surface area contributed by atoms with Crippen molar-refractivity contribution in [1.82, 2.24) is 0 Å². The Morgan fingerprint density at radius 3 is 0.636 bits per heavy atom. The quantitative estimate of drug-likeness (QED) is 0.287. The Labute approximate surface area is 123 Å². The van der Waals surface area contributed by atoms with E-state index in [0.717, 1.165) is 0 Å². The molecule has 2 aliphatic rings. The topological polar surface area (TPSA) is 186 Å². The molecule has 0 fully saturated rings. The first-order valence-corrected chi connectivity index (χ1v) is 5.26. The molecule has 0 aliphatic heterocycles. The largest absolute Gasteiger partial charge is 0.373 e. The summed E-state index contributed by atoms with van der Waals surface area (Å²) in [6.45, 7) is 0. The van der Waals surface area contributed by atoms with Crippen LogP contribution < -0.4 is 0 Å². The Kier molecular flexibility index (Phi) is 12.8. The van der Waals surface area contributed by atoms with Gasteiger partial charge in [-0.1, -0.05) is 0 Å². The lowest BCUT2D eigenvalue weighted by Gasteiger charge is -1.87. The molecule has 0 N–H and O–H groups in total. The first-order valence-electron chi connectivity index (χ1n) is 5.26. The SMILES string of the molecule is O=C1C=CC(=O)C=C1.O=C1C=CC(=O)C=C1.[N-]=[N+]=[N-].[N-]=[N+]=[N-]. The fourth-order valence-corrected chi connectivity index (χ4v) is 0.879. The predicted molar refractivity (Wildman–Crippen MR) is 76.7 cm³/mol. The number of allylic oxidation sites excluding steroid dienone is 8. The van der Waals surface area contributed by atoms with Gasteiger partial charge in [0.25, 0.3) is 0 Å². The molecule has 2 aliphatic carbocycles. The molecule has 0 saturated heterocycles. The zero-order valence-electron chi connectivity index (χ0n) is 10.9. The standard InChI is InChI=1S/2C6H4O2.2N3/c2*7-5-1-2-6(8)4-3-5;2*1-3-2/h2*1-4H;;/q;;2*-1. The summed E-state index contributed by atoms with van der Waals surface area (Å²) in [5.41, 5.74) is 27.0. The van der Waals surface area contributed by atoms with E-state index in [2.05, 4.69) is 0 Å². The summed E-state index contributed by atoms with van der Waals surface area (Å²) in [7, 11) is 0. The zero-order chi connectivity index (χ0) is 17.4. The molecule has 112 valence electrons. The van der Waals surface area contributed by atoms with Crippen LogP contribution in [0, 0.1) is 0 Å². The van der Waals surface area contributed by atoms with Crippen LogP contribution in [0.3, 0.4) is 0 Å². The number of ketones is 4. The summed E-state index contributed by atoms with van der Waals surface area (Å²) < 4.78 is 0. The Morgan fingerprint density at radius 2 is 0.545 bits per heavy atom. The molecule has 10 heteroatoms. The molecule has 10 nitrogen and oxygen atoms in total. The van der Waals surface area contributed by atoms with Crippen LogP contribution >= 0.6 is 0 Å². The Morgan fingerprint density at radius 1 is 0.455 bits per heavy atom. The third kappa shape index (κ3) is 14.3. The van der Waals surface area contributed by atoms with E-state index in [0.29, 0.717) is 0 Å². The highest BCUT2D eigenvalue weighted by Gasteiger charge is 1.98. The number of nitrogens with zero attached hydrogens (tertiary/aromatic N) is 6. The highest BCUT2D eigenvalue weighted by molar-refractivity contribution is 6.14. The van der Waals surface area contributed by atoms with Crippen LogP contribution in [-0.2, 0) is 19.2 Å². The predicted octanol–water partition coefficient (Wildman–Crippen LogP) is 2.23. The van der Waals surface area contributed by atoms with Gasteiger partial charge in [-0.05, 0) is 48.6 Å². The van der Waals surface area contributed by atoms with Gasteiger partial charge >= 0.3 is 0 Å². The molecule has 0 bridgehead atoms. The average Bonchev–Trinajstić information content (AvgIpc) is 2.48. The third-order valence-electron chi connectivity index (χ3n) is 1.65. The maximum absolute atomic E-state index is 10.3. The molecule has 0 atom stereocenters. The highest BCUT2D eigenvalue weighted by Crippen LogP contribution is 1.91. The molecule has 0 aromatic carbocycles. The third-order valence-corrected chi connectivity index (χ3v) is 1.65. The lowest BCUT2D eigenvalue weighted by Crippen LogP contribution is -1.97. The van der Waals surface area contributed by atoms with Crippen molar-refractivity contribution in [3.63, 3.8) is 0 Å². The van der Waals surface area contributed by atoms with Crippen LogP contribution in [0.2, 0.25) is 0 Å². The molecule has 0 aromatic rings. The Hall–Kier alpha value is -3.74. The number of hydrogen-bond donors (Lipinski definition) is 0. The molecular formula is C12H8N6O4-2. The van der Waals surface area contributed by atoms with Gasteiger partial charge in [-0.25, -0.2) is 0 Å². The van der Waals surface area contributed by atoms with Gasteiger partial charge in [-0.15, -0.1) is 0 Å². The van der Waals surface area contributed by atoms with Gasteiger partial charge in [0.1, 0.15) is 0 Å². The Balaban J connectivity index is 0. The molecule has 0 saturated carbocycles. The Bertz CT molecular complexity index is 498. The number of carbonyl (C=O) groups is 4. The second-order valence-corrected chi connectivity index (χ2v) is 3.12. The summed E-state index contributed by atoms with van der Waals surface area (Å²) in [4.78, 5) is 44.1. The smallest absolute Gasteiger partial charge is 0.178 e. The van der Waals surface area contributed by atoms with E-state index in [1.807, 2.05) is 0 Å². The molecule has 0 spiro atoms. The summed E-state index contributed by atoms with van der Waals surface area (Å²) >= 11 is 0. The van der Waals surface area contributed by atoms with E-state index in [-0.39, 0.29) is 23.1 Å². The summed E-state index contributed by atoms with van der Waals surface area (Å²) in [5, 5.41) is 0. The van der Waals surface area contributed by atoms with Crippen LogP contribution in [0.1, 0.15) is 0 Å². The first-order chi connectivity index (χ1) is 10.4. The van der Waals surface area contributed by atoms with Gasteiger partial charge in [0, 0.05) is 0 Å². The fraction of sp³-hybridized carbons (Fsp3) is 0. The molecule has 0 unspecified atom stereocenters. The minimum absolute atomic E-state index is 0.121. The van der Waals surface area contributed by atoms with Crippen LogP contribution in [0.4, 0.5) is 0 Å². The minimum atomic E-state index is -0.121. The van der Waals surface area contributed by atoms with E-state index < -0.39 is 0 Å². The van der Waals surface area contributed by atoms with E-state index in [4.69, 9.17) is 22.1 Å². The monoisotopic (exact) mass is 300 g/mol. The maximum Gasteiger partial charge on any atom is 0.178 e. The van der Waals surface area contributed by atoms with Gasteiger partial charge < -0.3 is 22.1 Å². The van der Waals surface area contributed by atoms with Crippen molar-refractivity contribution in [2.45, 2.75) is 0 Å². The molecule has 0 amide bonds. The lowest BCUT2D eigenvalue weighted by molar-refractivity contribution is -0.113. The fourth-order valence-electron chi connectivity index (χ4n) is 0.879. The van der Waals surface area contributed by atoms with Crippen molar-refractivity contribution < 1.29 is 19.2 Å². The normalized spacial score (nSPS) is 13.5. The zero-order valence-corrected chi connectivity index (χ0v) is 10.9. The summed E-state index contributed by atoms with van der Waals surface area (Å²) in [6, 6.07) is 0. The lowest BCUT2D eigenvalue weighted by atomic mass is 10.2. The number of hydrogen-bond acceptors (Lipinski definition) is 4. The van der Waals surface area contributed by atoms with Crippen LogP contribution in [0.5, 0.6) is 0 Å². The van der Waals surface area contributed by atoms with Gasteiger partial charge in [0.2, 0.25) is 0 Å². The van der Waals surface area contributed by atoms with E-state index in [1.165, 1.54) is 58.4 Å². The van der Waals surface area contributed by atoms with Crippen molar-refractivity contribution in [1.29, 1.82) is 0 Å².